The van der Waals surface area contributed by atoms with Crippen LogP contribution in [0.1, 0.15) is 32.4 Å². The fraction of sp³-hybridized carbons (Fsp3) is 0.300. The summed E-state index contributed by atoms with van der Waals surface area (Å²) in [4.78, 5) is 52.0. The summed E-state index contributed by atoms with van der Waals surface area (Å²) < 4.78 is 24.2. The molecule has 0 saturated carbocycles. The van der Waals surface area contributed by atoms with E-state index in [1.807, 2.05) is 12.1 Å². The van der Waals surface area contributed by atoms with E-state index < -0.39 is 54.0 Å². The normalized spacial score (nSPS) is 21.3. The maximum absolute atomic E-state index is 14.2. The number of ether oxygens (including phenoxy) is 4. The molecule has 11 heteroatoms. The lowest BCUT2D eigenvalue weighted by molar-refractivity contribution is -0.174. The van der Waals surface area contributed by atoms with Crippen LogP contribution in [-0.2, 0) is 33.3 Å². The van der Waals surface area contributed by atoms with E-state index in [1.54, 1.807) is 59.5 Å². The number of pyridine rings is 1. The Kier molecular flexibility index (Phi) is 7.59. The first kappa shape index (κ1) is 27.6. The molecule has 1 fully saturated rings. The fourth-order valence-corrected chi connectivity index (χ4v) is 5.43. The predicted octanol–water partition coefficient (Wildman–Crippen LogP) is 3.23. The van der Waals surface area contributed by atoms with Crippen molar-refractivity contribution in [3.05, 3.63) is 82.6 Å². The molecule has 0 N–H and O–H groups in total. The van der Waals surface area contributed by atoms with Crippen LogP contribution >= 0.6 is 0 Å². The number of benzene rings is 2. The predicted molar refractivity (Wildman–Crippen MR) is 145 cm³/mol. The summed E-state index contributed by atoms with van der Waals surface area (Å²) in [6.07, 6.45) is -4.38. The molecule has 2 aliphatic rings. The lowest BCUT2D eigenvalue weighted by Crippen LogP contribution is -2.46. The number of hydrogen-bond acceptors (Lipinski definition) is 10. The molecule has 0 aliphatic carbocycles. The van der Waals surface area contributed by atoms with Crippen molar-refractivity contribution in [1.29, 1.82) is 5.26 Å². The molecule has 210 valence electrons. The smallest absolute Gasteiger partial charge is 0.303 e. The van der Waals surface area contributed by atoms with Crippen LogP contribution in [0.3, 0.4) is 0 Å². The van der Waals surface area contributed by atoms with Gasteiger partial charge < -0.3 is 18.9 Å². The van der Waals surface area contributed by atoms with Gasteiger partial charge in [0, 0.05) is 32.0 Å². The summed E-state index contributed by atoms with van der Waals surface area (Å²) in [6.45, 7) is 3.25. The Morgan fingerprint density at radius 3 is 2.22 bits per heavy atom. The van der Waals surface area contributed by atoms with Gasteiger partial charge in [0.05, 0.1) is 5.56 Å². The first-order chi connectivity index (χ1) is 19.7. The second-order valence-electron chi connectivity index (χ2n) is 9.66. The number of fused-ring (bicyclic) bond motifs is 3. The Hall–Kier alpha value is -4.95. The minimum atomic E-state index is -1.16. The van der Waals surface area contributed by atoms with Gasteiger partial charge in [0.2, 0.25) is 0 Å². The van der Waals surface area contributed by atoms with E-state index in [0.29, 0.717) is 11.3 Å². The molecular formula is C30H27N3O8. The Morgan fingerprint density at radius 2 is 1.63 bits per heavy atom. The first-order valence-electron chi connectivity index (χ1n) is 12.9. The van der Waals surface area contributed by atoms with Crippen molar-refractivity contribution in [3.8, 4) is 17.2 Å². The van der Waals surface area contributed by atoms with E-state index in [-0.39, 0.29) is 23.6 Å². The van der Waals surface area contributed by atoms with E-state index in [2.05, 4.69) is 6.07 Å². The summed E-state index contributed by atoms with van der Waals surface area (Å²) in [6, 6.07) is 20.7. The van der Waals surface area contributed by atoms with Gasteiger partial charge in [0.25, 0.3) is 5.56 Å². The molecule has 2 aliphatic heterocycles. The van der Waals surface area contributed by atoms with Crippen LogP contribution in [0.15, 0.2) is 71.5 Å². The van der Waals surface area contributed by atoms with Crippen LogP contribution < -0.4 is 10.5 Å². The molecule has 0 spiro atoms. The highest BCUT2D eigenvalue weighted by Gasteiger charge is 2.59. The van der Waals surface area contributed by atoms with E-state index in [1.165, 1.54) is 25.3 Å². The molecular weight excluding hydrogens is 530 g/mol. The lowest BCUT2D eigenvalue weighted by atomic mass is 10.0. The van der Waals surface area contributed by atoms with Gasteiger partial charge in [0.15, 0.2) is 18.4 Å². The van der Waals surface area contributed by atoms with Crippen molar-refractivity contribution in [2.45, 2.75) is 51.4 Å². The Labute approximate surface area is 235 Å². The molecule has 2 aromatic carbocycles. The van der Waals surface area contributed by atoms with Crippen molar-refractivity contribution in [2.24, 2.45) is 0 Å². The van der Waals surface area contributed by atoms with Crippen molar-refractivity contribution in [2.75, 3.05) is 11.5 Å². The molecule has 11 nitrogen and oxygen atoms in total. The fourth-order valence-electron chi connectivity index (χ4n) is 5.43. The molecule has 1 aromatic heterocycles. The van der Waals surface area contributed by atoms with Gasteiger partial charge >= 0.3 is 17.9 Å². The van der Waals surface area contributed by atoms with Crippen LogP contribution in [0.2, 0.25) is 0 Å². The van der Waals surface area contributed by atoms with Crippen LogP contribution in [0.25, 0.3) is 11.1 Å². The number of para-hydroxylation sites is 1. The minimum absolute atomic E-state index is 0.208. The summed E-state index contributed by atoms with van der Waals surface area (Å²) >= 11 is 0. The number of anilines is 2. The number of rotatable bonds is 7. The molecule has 0 radical (unpaired) electrons. The summed E-state index contributed by atoms with van der Waals surface area (Å²) in [7, 11) is 0. The maximum atomic E-state index is 14.2. The topological polar surface area (TPSA) is 137 Å². The average molecular weight is 558 g/mol. The maximum Gasteiger partial charge on any atom is 0.303 e. The van der Waals surface area contributed by atoms with Gasteiger partial charge in [-0.15, -0.1) is 0 Å². The molecule has 0 bridgehead atoms. The van der Waals surface area contributed by atoms with Crippen molar-refractivity contribution in [3.63, 3.8) is 0 Å². The van der Waals surface area contributed by atoms with E-state index in [0.717, 1.165) is 0 Å². The zero-order chi connectivity index (χ0) is 29.3. The number of nitriles is 1. The van der Waals surface area contributed by atoms with Crippen LogP contribution in [0, 0.1) is 11.3 Å². The van der Waals surface area contributed by atoms with Gasteiger partial charge in [-0.2, -0.15) is 5.26 Å². The Bertz CT molecular complexity index is 1580. The van der Waals surface area contributed by atoms with E-state index >= 15 is 0 Å². The highest BCUT2D eigenvalue weighted by molar-refractivity contribution is 5.75. The van der Waals surface area contributed by atoms with Gasteiger partial charge in [-0.05, 0) is 23.8 Å². The second-order valence-corrected chi connectivity index (χ2v) is 9.66. The zero-order valence-electron chi connectivity index (χ0n) is 22.6. The van der Waals surface area contributed by atoms with Crippen LogP contribution in [0.4, 0.5) is 11.5 Å². The van der Waals surface area contributed by atoms with Gasteiger partial charge in [-0.1, -0.05) is 48.5 Å². The quantitative estimate of drug-likeness (QED) is 0.314. The molecule has 3 aromatic rings. The summed E-state index contributed by atoms with van der Waals surface area (Å²) in [5.41, 5.74) is 1.28. The highest BCUT2D eigenvalue weighted by Crippen LogP contribution is 2.49. The van der Waals surface area contributed by atoms with Gasteiger partial charge in [-0.3, -0.25) is 28.6 Å². The number of hydrogen-bond donors (Lipinski definition) is 0. The first-order valence-corrected chi connectivity index (χ1v) is 12.9. The van der Waals surface area contributed by atoms with Gasteiger partial charge in [-0.25, -0.2) is 0 Å². The number of carbonyl (C=O) groups is 3. The lowest BCUT2D eigenvalue weighted by Gasteiger charge is -2.30. The molecule has 5 atom stereocenters. The summed E-state index contributed by atoms with van der Waals surface area (Å²) in [5.74, 6) is -1.66. The summed E-state index contributed by atoms with van der Waals surface area (Å²) in [5, 5.41) is 10.2. The monoisotopic (exact) mass is 557 g/mol. The number of aromatic nitrogens is 1. The molecule has 5 rings (SSSR count). The minimum Gasteiger partial charge on any atom is -0.462 e. The third kappa shape index (κ3) is 5.17. The number of carbonyl (C=O) groups excluding carboxylic acids is 3. The molecule has 41 heavy (non-hydrogen) atoms. The van der Waals surface area contributed by atoms with Gasteiger partial charge in [0.1, 0.15) is 30.6 Å². The second kappa shape index (κ2) is 11.3. The third-order valence-electron chi connectivity index (χ3n) is 6.91. The third-order valence-corrected chi connectivity index (χ3v) is 6.91. The number of nitrogens with zero attached hydrogens (tertiary/aromatic N) is 3. The van der Waals surface area contributed by atoms with Crippen LogP contribution in [-0.4, -0.2) is 53.6 Å². The van der Waals surface area contributed by atoms with Crippen molar-refractivity contribution in [1.82, 2.24) is 4.57 Å². The molecule has 3 heterocycles. The standard InChI is InChI=1S/C30H27N3O8/c1-17(34)38-16-24(39-18(2)35)26-27(40-19(3)36)25-30(41-26)32(22-12-8-5-9-13-22)28-21(15-31)14-23(29(37)33(25)28)20-10-6-4-7-11-20/h4-14,24-27,30H,16H2,1-3H3/t24-,25-,26-,27-,30+/m1/s1. The van der Waals surface area contributed by atoms with Crippen LogP contribution in [0.5, 0.6) is 0 Å². The number of esters is 3. The SMILES string of the molecule is CC(=O)OC[C@@H](OC(C)=O)[C@H]1O[C@H]2[C@@H]([C@H]1OC(C)=O)n1c(c(C#N)cc(-c3ccccc3)c1=O)N2c1ccccc1. The largest absolute Gasteiger partial charge is 0.462 e. The Morgan fingerprint density at radius 1 is 0.976 bits per heavy atom. The van der Waals surface area contributed by atoms with Crippen molar-refractivity contribution >= 4 is 29.4 Å². The molecule has 0 unspecified atom stereocenters. The average Bonchev–Trinajstić information content (AvgIpc) is 3.47. The zero-order valence-corrected chi connectivity index (χ0v) is 22.6. The molecule has 0 amide bonds. The Balaban J connectivity index is 1.74. The highest BCUT2D eigenvalue weighted by atomic mass is 16.6. The molecule has 1 saturated heterocycles. The van der Waals surface area contributed by atoms with E-state index in [9.17, 15) is 24.4 Å². The van der Waals surface area contributed by atoms with Crippen molar-refractivity contribution < 1.29 is 33.3 Å². The van der Waals surface area contributed by atoms with E-state index in [4.69, 9.17) is 18.9 Å².